The van der Waals surface area contributed by atoms with E-state index in [1.807, 2.05) is 0 Å². The van der Waals surface area contributed by atoms with Crippen LogP contribution in [0.5, 0.6) is 5.75 Å². The van der Waals surface area contributed by atoms with E-state index in [-0.39, 0.29) is 53.7 Å². The van der Waals surface area contributed by atoms with Crippen molar-refractivity contribution in [3.63, 3.8) is 0 Å². The minimum atomic E-state index is -3.58. The van der Waals surface area contributed by atoms with Crippen molar-refractivity contribution in [2.45, 2.75) is 70.5 Å². The van der Waals surface area contributed by atoms with Crippen LogP contribution in [0.4, 0.5) is 0 Å². The van der Waals surface area contributed by atoms with Crippen molar-refractivity contribution in [1.82, 2.24) is 14.9 Å². The van der Waals surface area contributed by atoms with Crippen LogP contribution < -0.4 is 15.8 Å². The number of aromatic hydroxyl groups is 1. The Morgan fingerprint density at radius 3 is 2.46 bits per heavy atom. The Hall–Kier alpha value is -2.37. The summed E-state index contributed by atoms with van der Waals surface area (Å²) in [6.45, 7) is 2.07. The highest BCUT2D eigenvalue weighted by molar-refractivity contribution is 7.89. The van der Waals surface area contributed by atoms with Crippen molar-refractivity contribution in [3.8, 4) is 5.75 Å². The third kappa shape index (κ3) is 7.55. The minimum Gasteiger partial charge on any atom is -0.507 e. The highest BCUT2D eigenvalue weighted by Crippen LogP contribution is 2.29. The topological polar surface area (TPSA) is 166 Å². The number of halogens is 1. The molecule has 1 aromatic rings. The second-order valence-electron chi connectivity index (χ2n) is 9.13. The van der Waals surface area contributed by atoms with Gasteiger partial charge in [0.25, 0.3) is 0 Å². The van der Waals surface area contributed by atoms with Gasteiger partial charge < -0.3 is 21.1 Å². The van der Waals surface area contributed by atoms with E-state index in [2.05, 4.69) is 10.0 Å². The Kier molecular flexibility index (Phi) is 10.3. The number of phenols is 1. The van der Waals surface area contributed by atoms with Crippen molar-refractivity contribution in [1.29, 1.82) is 5.41 Å². The molecule has 1 aromatic carbocycles. The average molecular weight is 530 g/mol. The van der Waals surface area contributed by atoms with Crippen LogP contribution in [-0.4, -0.2) is 60.5 Å². The molecule has 10 nitrogen and oxygen atoms in total. The van der Waals surface area contributed by atoms with Gasteiger partial charge in [0.1, 0.15) is 23.7 Å². The maximum atomic E-state index is 13.3. The summed E-state index contributed by atoms with van der Waals surface area (Å²) in [5.41, 5.74) is 6.24. The number of benzene rings is 1. The third-order valence-corrected chi connectivity index (χ3v) is 8.12. The predicted octanol–water partition coefficient (Wildman–Crippen LogP) is 1.59. The molecular weight excluding hydrogens is 494 g/mol. The lowest BCUT2D eigenvalue weighted by atomic mass is 9.84. The van der Waals surface area contributed by atoms with Gasteiger partial charge in [-0.25, -0.2) is 13.1 Å². The van der Waals surface area contributed by atoms with Crippen LogP contribution >= 0.6 is 12.4 Å². The van der Waals surface area contributed by atoms with E-state index in [9.17, 15) is 23.1 Å². The number of amidine groups is 1. The van der Waals surface area contributed by atoms with E-state index in [4.69, 9.17) is 11.1 Å². The molecule has 6 N–H and O–H groups in total. The zero-order chi connectivity index (χ0) is 24.9. The fourth-order valence-electron chi connectivity index (χ4n) is 4.60. The van der Waals surface area contributed by atoms with Gasteiger partial charge in [0.2, 0.25) is 21.8 Å². The second kappa shape index (κ2) is 12.5. The number of carbonyl (C=O) groups excluding carboxylic acids is 2. The van der Waals surface area contributed by atoms with Gasteiger partial charge in [-0.05, 0) is 43.4 Å². The molecule has 35 heavy (non-hydrogen) atoms. The molecule has 1 aliphatic carbocycles. The molecule has 1 heterocycles. The third-order valence-electron chi connectivity index (χ3n) is 6.72. The molecule has 0 spiro atoms. The van der Waals surface area contributed by atoms with E-state index in [1.54, 1.807) is 6.07 Å². The van der Waals surface area contributed by atoms with Gasteiger partial charge in [0.05, 0.1) is 11.3 Å². The molecule has 0 aromatic heterocycles. The fraction of sp³-hybridized carbons (Fsp3) is 0.609. The summed E-state index contributed by atoms with van der Waals surface area (Å²) in [4.78, 5) is 27.5. The quantitative estimate of drug-likeness (QED) is 0.228. The number of hydrogen-bond acceptors (Lipinski definition) is 6. The van der Waals surface area contributed by atoms with Gasteiger partial charge in [-0.15, -0.1) is 12.4 Å². The normalized spacial score (nSPS) is 19.2. The molecule has 2 fully saturated rings. The SMILES string of the molecule is CCS(=O)(=O)N[C@H](CC1CCCCC1)C(=O)N1CC[C@H]1C(=O)NCc1ccc(C(=N)N)c(O)c1.Cl. The summed E-state index contributed by atoms with van der Waals surface area (Å²) >= 11 is 0. The van der Waals surface area contributed by atoms with Crippen LogP contribution in [0, 0.1) is 11.3 Å². The van der Waals surface area contributed by atoms with Crippen molar-refractivity contribution in [2.24, 2.45) is 11.7 Å². The number of hydrogen-bond donors (Lipinski definition) is 5. The van der Waals surface area contributed by atoms with Crippen molar-refractivity contribution >= 4 is 40.1 Å². The van der Waals surface area contributed by atoms with Gasteiger partial charge >= 0.3 is 0 Å². The van der Waals surface area contributed by atoms with Gasteiger partial charge in [0, 0.05) is 13.1 Å². The molecular formula is C23H36ClN5O5S. The number of phenolic OH excluding ortho intramolecular Hbond substituents is 1. The molecule has 196 valence electrons. The summed E-state index contributed by atoms with van der Waals surface area (Å²) in [5, 5.41) is 20.2. The van der Waals surface area contributed by atoms with Crippen LogP contribution in [0.25, 0.3) is 0 Å². The number of nitrogen functional groups attached to an aromatic ring is 1. The van der Waals surface area contributed by atoms with Crippen LogP contribution in [0.1, 0.15) is 63.0 Å². The number of rotatable bonds is 10. The van der Waals surface area contributed by atoms with Gasteiger partial charge in [-0.1, -0.05) is 38.2 Å². The molecule has 2 aliphatic rings. The smallest absolute Gasteiger partial charge is 0.243 e. The standard InChI is InChI=1S/C23H35N5O5S.ClH/c1-2-34(32,33)27-18(12-15-6-4-3-5-7-15)23(31)28-11-10-19(28)22(30)26-14-16-8-9-17(21(24)25)20(29)13-16;/h8-9,13,15,18-19,27,29H,2-7,10-12,14H2,1H3,(H3,24,25)(H,26,30);1H/t18-,19+;/m1./s1. The maximum absolute atomic E-state index is 13.3. The Bertz CT molecular complexity index is 1030. The maximum Gasteiger partial charge on any atom is 0.243 e. The van der Waals surface area contributed by atoms with E-state index in [0.717, 1.165) is 25.7 Å². The summed E-state index contributed by atoms with van der Waals surface area (Å²) in [6.07, 6.45) is 6.26. The summed E-state index contributed by atoms with van der Waals surface area (Å²) in [7, 11) is -3.58. The van der Waals surface area contributed by atoms with Crippen LogP contribution in [-0.2, 0) is 26.2 Å². The number of nitrogens with two attached hydrogens (primary N) is 1. The van der Waals surface area contributed by atoms with E-state index in [1.165, 1.54) is 30.4 Å². The average Bonchev–Trinajstić information content (AvgIpc) is 2.77. The molecule has 1 saturated carbocycles. The molecule has 1 saturated heterocycles. The zero-order valence-corrected chi connectivity index (χ0v) is 21.6. The fourth-order valence-corrected chi connectivity index (χ4v) is 5.40. The lowest BCUT2D eigenvalue weighted by molar-refractivity contribution is -0.149. The first-order valence-corrected chi connectivity index (χ1v) is 13.5. The zero-order valence-electron chi connectivity index (χ0n) is 20.0. The molecule has 12 heteroatoms. The Morgan fingerprint density at radius 2 is 1.91 bits per heavy atom. The molecule has 2 atom stereocenters. The molecule has 3 rings (SSSR count). The number of likely N-dealkylation sites (tertiary alicyclic amines) is 1. The van der Waals surface area contributed by atoms with Crippen molar-refractivity contribution in [2.75, 3.05) is 12.3 Å². The number of sulfonamides is 1. The van der Waals surface area contributed by atoms with Gasteiger partial charge in [-0.3, -0.25) is 15.0 Å². The Morgan fingerprint density at radius 1 is 1.23 bits per heavy atom. The number of carbonyl (C=O) groups is 2. The largest absolute Gasteiger partial charge is 0.507 e. The van der Waals surface area contributed by atoms with Crippen molar-refractivity contribution < 1.29 is 23.1 Å². The number of nitrogens with one attached hydrogen (secondary N) is 3. The Labute approximate surface area is 213 Å². The summed E-state index contributed by atoms with van der Waals surface area (Å²) in [5.74, 6) is -0.893. The van der Waals surface area contributed by atoms with Crippen LogP contribution in [0.2, 0.25) is 0 Å². The molecule has 1 aliphatic heterocycles. The van der Waals surface area contributed by atoms with Crippen LogP contribution in [0.15, 0.2) is 18.2 Å². The summed E-state index contributed by atoms with van der Waals surface area (Å²) < 4.78 is 27.1. The second-order valence-corrected chi connectivity index (χ2v) is 11.2. The van der Waals surface area contributed by atoms with E-state index in [0.29, 0.717) is 30.9 Å². The molecule has 0 radical (unpaired) electrons. The lowest BCUT2D eigenvalue weighted by Gasteiger charge is -2.42. The van der Waals surface area contributed by atoms with E-state index >= 15 is 0 Å². The predicted molar refractivity (Wildman–Crippen MR) is 136 cm³/mol. The van der Waals surface area contributed by atoms with Crippen LogP contribution in [0.3, 0.4) is 0 Å². The summed E-state index contributed by atoms with van der Waals surface area (Å²) in [6, 6.07) is 3.08. The number of nitrogens with zero attached hydrogens (tertiary/aromatic N) is 1. The highest BCUT2D eigenvalue weighted by Gasteiger charge is 2.41. The first kappa shape index (κ1) is 28.9. The van der Waals surface area contributed by atoms with E-state index < -0.39 is 22.1 Å². The van der Waals surface area contributed by atoms with Gasteiger partial charge in [-0.2, -0.15) is 0 Å². The first-order chi connectivity index (χ1) is 16.1. The monoisotopic (exact) mass is 529 g/mol. The van der Waals surface area contributed by atoms with Crippen molar-refractivity contribution in [3.05, 3.63) is 29.3 Å². The highest BCUT2D eigenvalue weighted by atomic mass is 35.5. The number of amides is 2. The Balaban J connectivity index is 0.00000432. The lowest BCUT2D eigenvalue weighted by Crippen LogP contribution is -2.62. The molecule has 0 unspecified atom stereocenters. The molecule has 2 amide bonds. The minimum absolute atomic E-state index is 0. The van der Waals surface area contributed by atoms with Gasteiger partial charge in [0.15, 0.2) is 0 Å². The molecule has 0 bridgehead atoms. The first-order valence-electron chi connectivity index (χ1n) is 11.9.